The topological polar surface area (TPSA) is 43.6 Å². The van der Waals surface area contributed by atoms with Gasteiger partial charge in [0, 0.05) is 7.05 Å². The van der Waals surface area contributed by atoms with Gasteiger partial charge in [-0.3, -0.25) is 0 Å². The van der Waals surface area contributed by atoms with Crippen molar-refractivity contribution in [2.75, 3.05) is 0 Å². The smallest absolute Gasteiger partial charge is 0.162 e. The van der Waals surface area contributed by atoms with Crippen LogP contribution in [0.15, 0.2) is 18.9 Å². The molecule has 0 aliphatic carbocycles. The van der Waals surface area contributed by atoms with Crippen LogP contribution in [-0.2, 0) is 7.05 Å². The summed E-state index contributed by atoms with van der Waals surface area (Å²) in [5, 5.41) is 0. The van der Waals surface area contributed by atoms with Crippen LogP contribution < -0.4 is 0 Å². The van der Waals surface area contributed by atoms with E-state index in [1.165, 1.54) is 6.33 Å². The first kappa shape index (κ1) is 12.6. The molecule has 14 heavy (non-hydrogen) atoms. The van der Waals surface area contributed by atoms with E-state index in [0.717, 1.165) is 11.2 Å². The lowest BCUT2D eigenvalue weighted by Gasteiger charge is -1.88. The zero-order chi connectivity index (χ0) is 11.0. The van der Waals surface area contributed by atoms with Gasteiger partial charge in [0.25, 0.3) is 0 Å². The molecule has 0 N–H and O–H groups in total. The lowest BCUT2D eigenvalue weighted by Crippen LogP contribution is -1.86. The molecule has 0 spiro atoms. The first-order valence-corrected chi connectivity index (χ1v) is 4.95. The minimum absolute atomic E-state index is 0.838. The van der Waals surface area contributed by atoms with Gasteiger partial charge in [-0.2, -0.15) is 0 Å². The predicted octanol–water partition coefficient (Wildman–Crippen LogP) is 2.42. The Kier molecular flexibility index (Phi) is 6.28. The summed E-state index contributed by atoms with van der Waals surface area (Å²) in [6.45, 7) is 8.00. The molecule has 4 nitrogen and oxygen atoms in total. The van der Waals surface area contributed by atoms with E-state index < -0.39 is 0 Å². The largest absolute Gasteiger partial charge is 0.318 e. The average Bonchev–Trinajstić information content (AvgIpc) is 2.67. The van der Waals surface area contributed by atoms with E-state index in [1.54, 1.807) is 12.5 Å². The summed E-state index contributed by atoms with van der Waals surface area (Å²) >= 11 is 0. The number of aromatic nitrogens is 4. The van der Waals surface area contributed by atoms with Gasteiger partial charge in [-0.05, 0) is 0 Å². The van der Waals surface area contributed by atoms with Gasteiger partial charge in [0.15, 0.2) is 5.65 Å². The SMILES string of the molecule is CC.CC.Cn1cnc2cncnc21. The van der Waals surface area contributed by atoms with Gasteiger partial charge in [-0.25, -0.2) is 15.0 Å². The Balaban J connectivity index is 0.000000379. The van der Waals surface area contributed by atoms with E-state index in [0.29, 0.717) is 0 Å². The Morgan fingerprint density at radius 1 is 1.07 bits per heavy atom. The highest BCUT2D eigenvalue weighted by Gasteiger charge is 1.96. The predicted molar refractivity (Wildman–Crippen MR) is 59.0 cm³/mol. The average molecular weight is 194 g/mol. The molecule has 0 saturated carbocycles. The fraction of sp³-hybridized carbons (Fsp3) is 0.500. The van der Waals surface area contributed by atoms with Crippen molar-refractivity contribution < 1.29 is 0 Å². The molecule has 4 heteroatoms. The highest BCUT2D eigenvalue weighted by molar-refractivity contribution is 5.68. The summed E-state index contributed by atoms with van der Waals surface area (Å²) in [6.07, 6.45) is 4.94. The molecular weight excluding hydrogens is 176 g/mol. The third kappa shape index (κ3) is 2.80. The zero-order valence-corrected chi connectivity index (χ0v) is 9.52. The van der Waals surface area contributed by atoms with Crippen LogP contribution in [-0.4, -0.2) is 19.5 Å². The van der Waals surface area contributed by atoms with Crippen molar-refractivity contribution in [2.24, 2.45) is 7.05 Å². The van der Waals surface area contributed by atoms with Crippen molar-refractivity contribution in [3.63, 3.8) is 0 Å². The number of aryl methyl sites for hydroxylation is 1. The van der Waals surface area contributed by atoms with Gasteiger partial charge in [0.1, 0.15) is 11.8 Å². The number of rotatable bonds is 0. The molecule has 0 saturated heterocycles. The molecular formula is C10H18N4. The fourth-order valence-corrected chi connectivity index (χ4v) is 0.882. The number of hydrogen-bond acceptors (Lipinski definition) is 3. The summed E-state index contributed by atoms with van der Waals surface area (Å²) < 4.78 is 1.86. The Morgan fingerprint density at radius 3 is 2.29 bits per heavy atom. The summed E-state index contributed by atoms with van der Waals surface area (Å²) in [5.41, 5.74) is 1.71. The molecule has 2 heterocycles. The number of nitrogens with zero attached hydrogens (tertiary/aromatic N) is 4. The van der Waals surface area contributed by atoms with Crippen LogP contribution in [0, 0.1) is 0 Å². The van der Waals surface area contributed by atoms with Gasteiger partial charge in [0.2, 0.25) is 0 Å². The summed E-state index contributed by atoms with van der Waals surface area (Å²) in [6, 6.07) is 0. The normalized spacial score (nSPS) is 8.36. The second-order valence-electron chi connectivity index (χ2n) is 2.09. The van der Waals surface area contributed by atoms with Gasteiger partial charge in [0.05, 0.1) is 12.5 Å². The Morgan fingerprint density at radius 2 is 1.71 bits per heavy atom. The molecule has 0 unspecified atom stereocenters. The molecule has 2 rings (SSSR count). The van der Waals surface area contributed by atoms with Crippen molar-refractivity contribution in [2.45, 2.75) is 27.7 Å². The molecule has 2 aromatic heterocycles. The molecule has 0 fully saturated rings. The molecule has 0 aliphatic heterocycles. The molecule has 0 amide bonds. The van der Waals surface area contributed by atoms with E-state index in [9.17, 15) is 0 Å². The molecule has 78 valence electrons. The van der Waals surface area contributed by atoms with Crippen molar-refractivity contribution in [3.8, 4) is 0 Å². The molecule has 0 atom stereocenters. The summed E-state index contributed by atoms with van der Waals surface area (Å²) in [5.74, 6) is 0. The standard InChI is InChI=1S/C6H6N4.2C2H6/c1-10-4-9-5-2-7-3-8-6(5)10;2*1-2/h2-4H,1H3;2*1-2H3. The lowest BCUT2D eigenvalue weighted by atomic mass is 10.6. The van der Waals surface area contributed by atoms with Crippen molar-refractivity contribution in [1.82, 2.24) is 19.5 Å². The maximum Gasteiger partial charge on any atom is 0.162 e. The zero-order valence-electron chi connectivity index (χ0n) is 9.52. The van der Waals surface area contributed by atoms with Crippen LogP contribution in [0.5, 0.6) is 0 Å². The van der Waals surface area contributed by atoms with Crippen LogP contribution in [0.1, 0.15) is 27.7 Å². The molecule has 0 radical (unpaired) electrons. The van der Waals surface area contributed by atoms with E-state index in [2.05, 4.69) is 15.0 Å². The molecule has 0 aromatic carbocycles. The third-order valence-corrected chi connectivity index (χ3v) is 1.38. The van der Waals surface area contributed by atoms with Gasteiger partial charge in [-0.1, -0.05) is 27.7 Å². The Bertz CT molecular complexity index is 354. The van der Waals surface area contributed by atoms with E-state index >= 15 is 0 Å². The minimum atomic E-state index is 0.838. The van der Waals surface area contributed by atoms with E-state index in [1.807, 2.05) is 39.3 Å². The molecule has 0 bridgehead atoms. The van der Waals surface area contributed by atoms with E-state index in [-0.39, 0.29) is 0 Å². The van der Waals surface area contributed by atoms with E-state index in [4.69, 9.17) is 0 Å². The van der Waals surface area contributed by atoms with Gasteiger partial charge < -0.3 is 4.57 Å². The first-order chi connectivity index (χ1) is 6.88. The number of imidazole rings is 1. The fourth-order valence-electron chi connectivity index (χ4n) is 0.882. The first-order valence-electron chi connectivity index (χ1n) is 4.95. The van der Waals surface area contributed by atoms with Gasteiger partial charge in [-0.15, -0.1) is 0 Å². The van der Waals surface area contributed by atoms with Crippen LogP contribution in [0.4, 0.5) is 0 Å². The van der Waals surface area contributed by atoms with Crippen LogP contribution in [0.25, 0.3) is 11.2 Å². The minimum Gasteiger partial charge on any atom is -0.318 e. The maximum atomic E-state index is 4.06. The maximum absolute atomic E-state index is 4.06. The summed E-state index contributed by atoms with van der Waals surface area (Å²) in [4.78, 5) is 11.9. The molecule has 0 aliphatic rings. The monoisotopic (exact) mass is 194 g/mol. The van der Waals surface area contributed by atoms with Crippen LogP contribution in [0.2, 0.25) is 0 Å². The van der Waals surface area contributed by atoms with Crippen LogP contribution >= 0.6 is 0 Å². The van der Waals surface area contributed by atoms with Crippen LogP contribution in [0.3, 0.4) is 0 Å². The second-order valence-corrected chi connectivity index (χ2v) is 2.09. The number of hydrogen-bond donors (Lipinski definition) is 0. The highest BCUT2D eigenvalue weighted by atomic mass is 15.1. The van der Waals surface area contributed by atoms with Crippen molar-refractivity contribution >= 4 is 11.2 Å². The molecule has 2 aromatic rings. The summed E-state index contributed by atoms with van der Waals surface area (Å²) in [7, 11) is 1.91. The van der Waals surface area contributed by atoms with Crippen molar-refractivity contribution in [3.05, 3.63) is 18.9 Å². The Labute approximate surface area is 85.0 Å². The quantitative estimate of drug-likeness (QED) is 0.647. The Hall–Kier alpha value is -1.45. The van der Waals surface area contributed by atoms with Crippen molar-refractivity contribution in [1.29, 1.82) is 0 Å². The number of fused-ring (bicyclic) bond motifs is 1. The van der Waals surface area contributed by atoms with Gasteiger partial charge >= 0.3 is 0 Å². The highest BCUT2D eigenvalue weighted by Crippen LogP contribution is 2.03. The second kappa shape index (κ2) is 7.00. The third-order valence-electron chi connectivity index (χ3n) is 1.38. The lowest BCUT2D eigenvalue weighted by molar-refractivity contribution is 0.928.